The Kier molecular flexibility index (Phi) is 37.0. The molecule has 0 saturated carbocycles. The van der Waals surface area contributed by atoms with E-state index in [1.54, 1.807) is 12.2 Å². The number of carbonyl (C=O) groups excluding carboxylic acids is 2. The Bertz CT molecular complexity index is 2340. The van der Waals surface area contributed by atoms with Crippen LogP contribution in [-0.2, 0) is 46.3 Å². The van der Waals surface area contributed by atoms with E-state index in [1.807, 2.05) is 92.0 Å². The molecule has 0 radical (unpaired) electrons. The maximum atomic E-state index is 12.9. The minimum Gasteiger partial charge on any atom is -0.462 e. The van der Waals surface area contributed by atoms with Crippen molar-refractivity contribution in [2.75, 3.05) is 25.6 Å². The molecule has 0 amide bonds. The number of carbonyl (C=O) groups is 2. The smallest absolute Gasteiger partial charge is 0.462 e. The molecule has 1 aliphatic rings. The van der Waals surface area contributed by atoms with Crippen molar-refractivity contribution in [1.82, 2.24) is 9.55 Å². The number of phosphoric ester groups is 2. The summed E-state index contributed by atoms with van der Waals surface area (Å²) in [5.41, 5.74) is 4.57. The average Bonchev–Trinajstić information content (AvgIpc) is 3.66. The van der Waals surface area contributed by atoms with Gasteiger partial charge in [-0.1, -0.05) is 160 Å². The van der Waals surface area contributed by atoms with Gasteiger partial charge in [-0.2, -0.15) is 9.29 Å². The van der Waals surface area contributed by atoms with E-state index in [4.69, 9.17) is 29.0 Å². The fourth-order valence-corrected chi connectivity index (χ4v) is 8.87. The predicted molar refractivity (Wildman–Crippen MR) is 299 cm³/mol. The topological polar surface area (TPSA) is 286 Å². The van der Waals surface area contributed by atoms with E-state index in [-0.39, 0.29) is 25.1 Å². The van der Waals surface area contributed by atoms with E-state index in [9.17, 15) is 48.6 Å². The van der Waals surface area contributed by atoms with Gasteiger partial charge in [0.05, 0.1) is 19.3 Å². The Labute approximate surface area is 454 Å². The first-order valence-corrected chi connectivity index (χ1v) is 29.3. The van der Waals surface area contributed by atoms with Crippen molar-refractivity contribution in [1.29, 1.82) is 0 Å². The van der Waals surface area contributed by atoms with Crippen molar-refractivity contribution in [2.45, 2.75) is 160 Å². The molecule has 2 heterocycles. The lowest BCUT2D eigenvalue weighted by molar-refractivity contribution is -0.161. The van der Waals surface area contributed by atoms with Gasteiger partial charge < -0.3 is 45.1 Å². The van der Waals surface area contributed by atoms with Crippen LogP contribution in [0.1, 0.15) is 129 Å². The first-order valence-electron chi connectivity index (χ1n) is 26.3. The van der Waals surface area contributed by atoms with Crippen LogP contribution in [0.4, 0.5) is 5.82 Å². The summed E-state index contributed by atoms with van der Waals surface area (Å²) in [6, 6.07) is 1.23. The molecule has 19 nitrogen and oxygen atoms in total. The Hall–Kier alpha value is -5.14. The van der Waals surface area contributed by atoms with Crippen LogP contribution >= 0.6 is 15.6 Å². The predicted octanol–water partition coefficient (Wildman–Crippen LogP) is 10.3. The molecule has 0 aromatic carbocycles. The molecule has 7 N–H and O–H groups in total. The number of nitrogen functional groups attached to an aromatic ring is 1. The summed E-state index contributed by atoms with van der Waals surface area (Å²) in [6.07, 6.45) is 48.9. The molecule has 0 bridgehead atoms. The van der Waals surface area contributed by atoms with Crippen LogP contribution in [0.5, 0.6) is 0 Å². The second-order valence-electron chi connectivity index (χ2n) is 17.5. The molecule has 1 aromatic rings. The monoisotopic (exact) mass is 1120 g/mol. The molecule has 0 spiro atoms. The zero-order chi connectivity index (χ0) is 56.4. The highest BCUT2D eigenvalue weighted by Crippen LogP contribution is 2.60. The Morgan fingerprint density at radius 2 is 1.23 bits per heavy atom. The van der Waals surface area contributed by atoms with Crippen LogP contribution < -0.4 is 11.4 Å². The number of unbranched alkanes of at least 4 members (excludes halogenated alkanes) is 3. The first kappa shape index (κ1) is 68.0. The quantitative estimate of drug-likeness (QED) is 0.0117. The van der Waals surface area contributed by atoms with Crippen molar-refractivity contribution in [3.63, 3.8) is 0 Å². The van der Waals surface area contributed by atoms with E-state index < -0.39 is 89.8 Å². The molecule has 0 aliphatic carbocycles. The molecule has 1 saturated heterocycles. The lowest BCUT2D eigenvalue weighted by Gasteiger charge is -2.21. The molecule has 3 unspecified atom stereocenters. The van der Waals surface area contributed by atoms with Crippen LogP contribution in [0, 0.1) is 0 Å². The zero-order valence-electron chi connectivity index (χ0n) is 44.6. The summed E-state index contributed by atoms with van der Waals surface area (Å²) in [7, 11) is -10.9. The Morgan fingerprint density at radius 1 is 0.701 bits per heavy atom. The molecule has 21 heteroatoms. The summed E-state index contributed by atoms with van der Waals surface area (Å²) in [6.45, 7) is 1.76. The third-order valence-corrected chi connectivity index (χ3v) is 13.4. The largest absolute Gasteiger partial charge is 0.481 e. The Balaban J connectivity index is 1.87. The van der Waals surface area contributed by atoms with E-state index in [1.165, 1.54) is 25.3 Å². The fourth-order valence-electron chi connectivity index (χ4n) is 6.76. The molecule has 77 heavy (non-hydrogen) atoms. The van der Waals surface area contributed by atoms with E-state index >= 15 is 0 Å². The number of ether oxygens (including phenoxy) is 3. The summed E-state index contributed by atoms with van der Waals surface area (Å²) in [5, 5.41) is 30.8. The fraction of sp³-hybridized carbons (Fsp3) is 0.500. The number of hydrogen-bond acceptors (Lipinski definition) is 16. The highest BCUT2D eigenvalue weighted by molar-refractivity contribution is 7.61. The van der Waals surface area contributed by atoms with Gasteiger partial charge in [-0.25, -0.2) is 13.9 Å². The van der Waals surface area contributed by atoms with Crippen LogP contribution in [0.3, 0.4) is 0 Å². The number of rotatable bonds is 41. The number of nitrogens with two attached hydrogens (primary N) is 1. The number of hydrogen-bond donors (Lipinski definition) is 6. The number of aromatic nitrogens is 2. The van der Waals surface area contributed by atoms with Crippen molar-refractivity contribution < 1.29 is 71.4 Å². The lowest BCUT2D eigenvalue weighted by atomic mass is 10.1. The summed E-state index contributed by atoms with van der Waals surface area (Å²) in [5.74, 6) is -1.54. The zero-order valence-corrected chi connectivity index (χ0v) is 46.3. The summed E-state index contributed by atoms with van der Waals surface area (Å²) in [4.78, 5) is 61.9. The van der Waals surface area contributed by atoms with Crippen molar-refractivity contribution in [2.24, 2.45) is 0 Å². The summed E-state index contributed by atoms with van der Waals surface area (Å²) < 4.78 is 56.6. The van der Waals surface area contributed by atoms with Gasteiger partial charge in [0.15, 0.2) is 12.3 Å². The second-order valence-corrected chi connectivity index (χ2v) is 20.5. The third kappa shape index (κ3) is 34.4. The Morgan fingerprint density at radius 3 is 1.79 bits per heavy atom. The minimum absolute atomic E-state index is 0.0288. The van der Waals surface area contributed by atoms with E-state index in [2.05, 4.69) is 52.7 Å². The van der Waals surface area contributed by atoms with Gasteiger partial charge in [-0.05, 0) is 89.5 Å². The highest BCUT2D eigenvalue weighted by Gasteiger charge is 2.46. The number of phosphoric acid groups is 2. The number of nitrogens with zero attached hydrogens (tertiary/aromatic N) is 2. The van der Waals surface area contributed by atoms with Gasteiger partial charge in [0.1, 0.15) is 30.7 Å². The molecule has 1 aliphatic heterocycles. The average molecular weight is 1120 g/mol. The van der Waals surface area contributed by atoms with Gasteiger partial charge >= 0.3 is 33.3 Å². The SMILES string of the molecule is CC/C=C\CC(O)/C=C/C=C/C/C=C\C/C=C\C/C=C\CCC(=O)O[C@H](COC(=O)CC/C=C\C/C=C\C/C=C\C/C=C\C/C=C\CCCCC)COP(=O)(O)OP(=O)(O)OC[C@H]1O[C@@H](n2ccc(N)nc2=O)[C@H](O)[C@@H]1O. The van der Waals surface area contributed by atoms with Crippen LogP contribution in [0.25, 0.3) is 0 Å². The third-order valence-electron chi connectivity index (χ3n) is 10.8. The van der Waals surface area contributed by atoms with E-state index in [0.29, 0.717) is 25.7 Å². The van der Waals surface area contributed by atoms with Crippen molar-refractivity contribution in [3.05, 3.63) is 156 Å². The second kappa shape index (κ2) is 41.9. The van der Waals surface area contributed by atoms with Crippen LogP contribution in [0.15, 0.2) is 151 Å². The minimum atomic E-state index is -5.48. The molecule has 1 aromatic heterocycles. The molecular weight excluding hydrogens is 1030 g/mol. The molecule has 1 fully saturated rings. The van der Waals surface area contributed by atoms with Crippen LogP contribution in [-0.4, -0.2) is 96.9 Å². The standard InChI is InChI=1S/C56H83N3O16P2/c1-3-5-7-8-9-10-11-12-13-14-15-16-17-20-23-26-29-32-36-40-51(61)70-44-48(73-52(62)41-37-33-30-27-24-21-18-19-22-25-28-31-35-39-47(60)38-34-6-4-2)45-71-76(66,67)75-77(68,69)72-46-49-53(63)54(64)55(74-49)59-43-42-50(57)58-56(59)65/h6,9-10,12-13,15-16,19-24,28-35,39,42-43,47-49,53-55,60,63-64H,3-5,7-8,11,14,17-18,25-27,36-38,40-41,44-46H2,1-2H3,(H,66,67)(H,68,69)(H2,57,58,65)/b10-9-,13-12-,16-15-,22-19-,23-20-,24-21-,31-28+,32-29-,33-30-,34-6-,39-35+/t47?,48-,49-,53-,54-,55-/m1/s1. The molecule has 2 rings (SSSR count). The number of anilines is 1. The number of aliphatic hydroxyl groups is 3. The molecular formula is C56H83N3O16P2. The summed E-state index contributed by atoms with van der Waals surface area (Å²) >= 11 is 0. The van der Waals surface area contributed by atoms with Gasteiger partial charge in [0.2, 0.25) is 0 Å². The normalized spacial score (nSPS) is 20.1. The lowest BCUT2D eigenvalue weighted by Crippen LogP contribution is -2.36. The number of aliphatic hydroxyl groups excluding tert-OH is 3. The highest BCUT2D eigenvalue weighted by atomic mass is 31.3. The van der Waals surface area contributed by atoms with Gasteiger partial charge in [-0.3, -0.25) is 23.2 Å². The maximum Gasteiger partial charge on any atom is 0.481 e. The van der Waals surface area contributed by atoms with Crippen molar-refractivity contribution >= 4 is 33.4 Å². The van der Waals surface area contributed by atoms with E-state index in [0.717, 1.165) is 55.7 Å². The first-order chi connectivity index (χ1) is 37.1. The number of allylic oxidation sites excluding steroid dienone is 20. The van der Waals surface area contributed by atoms with Crippen LogP contribution in [0.2, 0.25) is 0 Å². The van der Waals surface area contributed by atoms with Gasteiger partial charge in [0, 0.05) is 19.0 Å². The number of esters is 2. The van der Waals surface area contributed by atoms with Gasteiger partial charge in [0.25, 0.3) is 0 Å². The molecule has 428 valence electrons. The molecule has 8 atom stereocenters. The maximum absolute atomic E-state index is 12.9. The van der Waals surface area contributed by atoms with Gasteiger partial charge in [-0.15, -0.1) is 0 Å². The van der Waals surface area contributed by atoms with Crippen molar-refractivity contribution in [3.8, 4) is 0 Å².